The largest absolute Gasteiger partial charge is 0.397 e. The molecule has 0 unspecified atom stereocenters. The van der Waals surface area contributed by atoms with Crippen LogP contribution in [0.3, 0.4) is 0 Å². The van der Waals surface area contributed by atoms with Crippen LogP contribution in [0.25, 0.3) is 0 Å². The van der Waals surface area contributed by atoms with E-state index in [2.05, 4.69) is 4.18 Å². The van der Waals surface area contributed by atoms with Crippen molar-refractivity contribution in [1.29, 1.82) is 0 Å². The standard InChI is InChI=1S/C9H20O8S/c1-13-2-3-14-4-5-15-6-7-16-8-9-17-18(10,11)12/h2-9H2,1H3,(H,10,11,12). The summed E-state index contributed by atoms with van der Waals surface area (Å²) in [6.45, 7) is 2.54. The molecule has 0 rings (SSSR count). The molecule has 0 saturated carbocycles. The molecule has 0 bridgehead atoms. The van der Waals surface area contributed by atoms with Crippen molar-refractivity contribution < 1.29 is 36.1 Å². The predicted octanol–water partition coefficient (Wildman–Crippen LogP) is -0.498. The summed E-state index contributed by atoms with van der Waals surface area (Å²) >= 11 is 0. The summed E-state index contributed by atoms with van der Waals surface area (Å²) in [4.78, 5) is 0. The van der Waals surface area contributed by atoms with Gasteiger partial charge in [0.05, 0.1) is 52.9 Å². The minimum absolute atomic E-state index is 0.0630. The van der Waals surface area contributed by atoms with Gasteiger partial charge >= 0.3 is 10.4 Å². The van der Waals surface area contributed by atoms with Gasteiger partial charge in [0.1, 0.15) is 0 Å². The van der Waals surface area contributed by atoms with Crippen molar-refractivity contribution in [3.63, 3.8) is 0 Å². The molecule has 0 fully saturated rings. The van der Waals surface area contributed by atoms with Crippen molar-refractivity contribution in [2.45, 2.75) is 0 Å². The first-order valence-electron chi connectivity index (χ1n) is 5.40. The van der Waals surface area contributed by atoms with Gasteiger partial charge in [0, 0.05) is 7.11 Å². The number of ether oxygens (including phenoxy) is 4. The Labute approximate surface area is 107 Å². The summed E-state index contributed by atoms with van der Waals surface area (Å²) in [5.41, 5.74) is 0. The molecule has 0 saturated heterocycles. The Kier molecular flexibility index (Phi) is 11.6. The zero-order chi connectivity index (χ0) is 13.7. The third-order valence-electron chi connectivity index (χ3n) is 1.64. The van der Waals surface area contributed by atoms with Gasteiger partial charge in [-0.25, -0.2) is 4.18 Å². The molecule has 1 N–H and O–H groups in total. The maximum atomic E-state index is 10.1. The van der Waals surface area contributed by atoms with Gasteiger partial charge < -0.3 is 18.9 Å². The van der Waals surface area contributed by atoms with Crippen molar-refractivity contribution >= 4 is 10.4 Å². The predicted molar refractivity (Wildman–Crippen MR) is 61.8 cm³/mol. The molecule has 8 nitrogen and oxygen atoms in total. The lowest BCUT2D eigenvalue weighted by atomic mass is 10.7. The molecule has 0 aromatic rings. The van der Waals surface area contributed by atoms with Gasteiger partial charge in [-0.1, -0.05) is 0 Å². The summed E-state index contributed by atoms with van der Waals surface area (Å²) in [6, 6.07) is 0. The molecule has 110 valence electrons. The summed E-state index contributed by atoms with van der Waals surface area (Å²) in [5, 5.41) is 0. The third-order valence-corrected chi connectivity index (χ3v) is 2.10. The molecule has 0 aliphatic rings. The van der Waals surface area contributed by atoms with Gasteiger partial charge in [0.2, 0.25) is 0 Å². The molecule has 0 aliphatic carbocycles. The fourth-order valence-electron chi connectivity index (χ4n) is 0.882. The maximum Gasteiger partial charge on any atom is 0.397 e. The zero-order valence-corrected chi connectivity index (χ0v) is 11.2. The highest BCUT2D eigenvalue weighted by Crippen LogP contribution is 1.86. The fourth-order valence-corrected chi connectivity index (χ4v) is 1.16. The minimum Gasteiger partial charge on any atom is -0.382 e. The van der Waals surface area contributed by atoms with Crippen molar-refractivity contribution in [1.82, 2.24) is 0 Å². The third kappa shape index (κ3) is 15.7. The number of rotatable bonds is 13. The van der Waals surface area contributed by atoms with E-state index in [1.807, 2.05) is 0 Å². The average molecular weight is 288 g/mol. The number of methoxy groups -OCH3 is 1. The summed E-state index contributed by atoms with van der Waals surface area (Å²) in [7, 11) is -2.77. The van der Waals surface area contributed by atoms with E-state index < -0.39 is 10.4 Å². The molecule has 0 aliphatic heterocycles. The molecule has 9 heteroatoms. The Bertz CT molecular complexity index is 266. The van der Waals surface area contributed by atoms with E-state index in [1.165, 1.54) is 0 Å². The molecule has 0 radical (unpaired) electrons. The number of hydrogen-bond donors (Lipinski definition) is 1. The van der Waals surface area contributed by atoms with E-state index in [4.69, 9.17) is 23.5 Å². The normalized spacial score (nSPS) is 11.9. The SMILES string of the molecule is COCCOCCOCCOCCOS(=O)(=O)O. The maximum absolute atomic E-state index is 10.1. The van der Waals surface area contributed by atoms with Crippen LogP contribution in [-0.2, 0) is 33.5 Å². The van der Waals surface area contributed by atoms with E-state index in [1.54, 1.807) is 7.11 Å². The van der Waals surface area contributed by atoms with Crippen LogP contribution < -0.4 is 0 Å². The summed E-state index contributed by atoms with van der Waals surface area (Å²) in [5.74, 6) is 0. The van der Waals surface area contributed by atoms with Crippen LogP contribution in [0.5, 0.6) is 0 Å². The van der Waals surface area contributed by atoms with Gasteiger partial charge in [0.25, 0.3) is 0 Å². The Morgan fingerprint density at radius 2 is 1.17 bits per heavy atom. The first-order chi connectivity index (χ1) is 8.56. The second-order valence-corrected chi connectivity index (χ2v) is 4.17. The fraction of sp³-hybridized carbons (Fsp3) is 1.00. The number of hydrogen-bond acceptors (Lipinski definition) is 7. The van der Waals surface area contributed by atoms with E-state index in [0.717, 1.165) is 0 Å². The van der Waals surface area contributed by atoms with E-state index >= 15 is 0 Å². The van der Waals surface area contributed by atoms with Gasteiger partial charge in [-0.2, -0.15) is 8.42 Å². The molecular weight excluding hydrogens is 268 g/mol. The Morgan fingerprint density at radius 1 is 0.778 bits per heavy atom. The van der Waals surface area contributed by atoms with Crippen LogP contribution in [0.1, 0.15) is 0 Å². The zero-order valence-electron chi connectivity index (χ0n) is 10.4. The topological polar surface area (TPSA) is 101 Å². The summed E-state index contributed by atoms with van der Waals surface area (Å²) < 4.78 is 52.6. The lowest BCUT2D eigenvalue weighted by molar-refractivity contribution is 0.0000114. The molecule has 0 aromatic carbocycles. The van der Waals surface area contributed by atoms with Crippen LogP contribution in [0.2, 0.25) is 0 Å². The molecule has 0 amide bonds. The lowest BCUT2D eigenvalue weighted by Crippen LogP contribution is -2.14. The van der Waals surface area contributed by atoms with Gasteiger partial charge in [-0.05, 0) is 0 Å². The van der Waals surface area contributed by atoms with Crippen molar-refractivity contribution in [3.05, 3.63) is 0 Å². The molecule has 0 aromatic heterocycles. The Hall–Kier alpha value is -0.290. The van der Waals surface area contributed by atoms with Crippen LogP contribution in [0.4, 0.5) is 0 Å². The first kappa shape index (κ1) is 17.7. The van der Waals surface area contributed by atoms with Gasteiger partial charge in [-0.3, -0.25) is 4.55 Å². The molecule has 0 spiro atoms. The lowest BCUT2D eigenvalue weighted by Gasteiger charge is -2.06. The van der Waals surface area contributed by atoms with Crippen LogP contribution in [0.15, 0.2) is 0 Å². The van der Waals surface area contributed by atoms with Crippen LogP contribution in [0, 0.1) is 0 Å². The van der Waals surface area contributed by atoms with Gasteiger partial charge in [-0.15, -0.1) is 0 Å². The monoisotopic (exact) mass is 288 g/mol. The van der Waals surface area contributed by atoms with Crippen LogP contribution >= 0.6 is 0 Å². The van der Waals surface area contributed by atoms with Crippen molar-refractivity contribution in [3.8, 4) is 0 Å². The van der Waals surface area contributed by atoms with Crippen molar-refractivity contribution in [2.75, 3.05) is 60.0 Å². The second-order valence-electron chi connectivity index (χ2n) is 3.08. The highest BCUT2D eigenvalue weighted by atomic mass is 32.3. The molecular formula is C9H20O8S. The highest BCUT2D eigenvalue weighted by Gasteiger charge is 2.02. The van der Waals surface area contributed by atoms with E-state index in [9.17, 15) is 8.42 Å². The molecule has 0 heterocycles. The highest BCUT2D eigenvalue weighted by molar-refractivity contribution is 7.80. The van der Waals surface area contributed by atoms with Crippen molar-refractivity contribution in [2.24, 2.45) is 0 Å². The summed E-state index contributed by atoms with van der Waals surface area (Å²) in [6.07, 6.45) is 0. The smallest absolute Gasteiger partial charge is 0.382 e. The van der Waals surface area contributed by atoms with Gasteiger partial charge in [0.15, 0.2) is 0 Å². The minimum atomic E-state index is -4.37. The second kappa shape index (κ2) is 11.8. The first-order valence-corrected chi connectivity index (χ1v) is 6.77. The van der Waals surface area contributed by atoms with E-state index in [-0.39, 0.29) is 13.2 Å². The Balaban J connectivity index is 3.03. The van der Waals surface area contributed by atoms with E-state index in [0.29, 0.717) is 39.6 Å². The molecule has 0 atom stereocenters. The quantitative estimate of drug-likeness (QED) is 0.358. The Morgan fingerprint density at radius 3 is 1.56 bits per heavy atom. The molecule has 18 heavy (non-hydrogen) atoms. The van der Waals surface area contributed by atoms with Crippen LogP contribution in [-0.4, -0.2) is 72.9 Å². The average Bonchev–Trinajstić information content (AvgIpc) is 2.29.